The zero-order valence-corrected chi connectivity index (χ0v) is 13.1. The fraction of sp³-hybridized carbons (Fsp3) is 0.176. The van der Waals surface area contributed by atoms with Gasteiger partial charge in [-0.25, -0.2) is 4.79 Å². The van der Waals surface area contributed by atoms with Crippen molar-refractivity contribution in [2.75, 3.05) is 7.11 Å². The summed E-state index contributed by atoms with van der Waals surface area (Å²) in [6.45, 7) is 2.53. The Morgan fingerprint density at radius 3 is 2.64 bits per heavy atom. The highest BCUT2D eigenvalue weighted by atomic mass is 35.5. The number of aromatic nitrogens is 2. The van der Waals surface area contributed by atoms with Gasteiger partial charge in [0.2, 0.25) is 0 Å². The second kappa shape index (κ2) is 5.81. The number of rotatable bonds is 3. The molecule has 0 amide bonds. The molecule has 0 fully saturated rings. The molecule has 4 nitrogen and oxygen atoms in total. The summed E-state index contributed by atoms with van der Waals surface area (Å²) in [6.07, 6.45) is 0. The number of nitrogens with zero attached hydrogens (tertiary/aromatic N) is 2. The van der Waals surface area contributed by atoms with Crippen molar-refractivity contribution in [2.24, 2.45) is 0 Å². The number of carbonyl (C=O) groups excluding carboxylic acids is 1. The molecule has 0 bridgehead atoms. The lowest BCUT2D eigenvalue weighted by atomic mass is 10.1. The number of benzene rings is 2. The Morgan fingerprint density at radius 1 is 1.23 bits per heavy atom. The van der Waals surface area contributed by atoms with Gasteiger partial charge in [-0.15, -0.1) is 0 Å². The quantitative estimate of drug-likeness (QED) is 0.690. The smallest absolute Gasteiger partial charge is 0.359 e. The summed E-state index contributed by atoms with van der Waals surface area (Å²) in [6, 6.07) is 13.5. The van der Waals surface area contributed by atoms with E-state index in [1.807, 2.05) is 54.1 Å². The van der Waals surface area contributed by atoms with Crippen LogP contribution in [-0.2, 0) is 11.3 Å². The van der Waals surface area contributed by atoms with Crippen molar-refractivity contribution < 1.29 is 9.53 Å². The minimum atomic E-state index is -0.422. The molecule has 0 atom stereocenters. The molecule has 0 aliphatic rings. The lowest BCUT2D eigenvalue weighted by Crippen LogP contribution is -2.06. The molecule has 0 saturated carbocycles. The van der Waals surface area contributed by atoms with Crippen molar-refractivity contribution in [3.8, 4) is 0 Å². The summed E-state index contributed by atoms with van der Waals surface area (Å²) in [5, 5.41) is 5.98. The van der Waals surface area contributed by atoms with E-state index in [4.69, 9.17) is 16.3 Å². The van der Waals surface area contributed by atoms with E-state index in [1.54, 1.807) is 0 Å². The van der Waals surface area contributed by atoms with Gasteiger partial charge in [-0.2, -0.15) is 5.10 Å². The van der Waals surface area contributed by atoms with Gasteiger partial charge < -0.3 is 4.74 Å². The molecule has 1 heterocycles. The number of aryl methyl sites for hydroxylation is 1. The first-order chi connectivity index (χ1) is 10.6. The lowest BCUT2D eigenvalue weighted by molar-refractivity contribution is 0.0595. The highest BCUT2D eigenvalue weighted by Gasteiger charge is 2.19. The Hall–Kier alpha value is -2.33. The molecule has 112 valence electrons. The summed E-state index contributed by atoms with van der Waals surface area (Å²) in [7, 11) is 1.37. The number of carbonyl (C=O) groups is 1. The first-order valence-electron chi connectivity index (χ1n) is 6.89. The van der Waals surface area contributed by atoms with E-state index in [-0.39, 0.29) is 0 Å². The van der Waals surface area contributed by atoms with E-state index in [1.165, 1.54) is 7.11 Å². The molecule has 1 aromatic heterocycles. The molecule has 2 aromatic carbocycles. The second-order valence-electron chi connectivity index (χ2n) is 5.09. The van der Waals surface area contributed by atoms with Crippen molar-refractivity contribution in [1.82, 2.24) is 9.78 Å². The van der Waals surface area contributed by atoms with Crippen LogP contribution >= 0.6 is 11.6 Å². The van der Waals surface area contributed by atoms with Gasteiger partial charge in [-0.05, 0) is 36.2 Å². The van der Waals surface area contributed by atoms with Crippen LogP contribution in [0.4, 0.5) is 0 Å². The van der Waals surface area contributed by atoms with Crippen molar-refractivity contribution in [1.29, 1.82) is 0 Å². The minimum absolute atomic E-state index is 0.351. The molecule has 0 N–H and O–H groups in total. The summed E-state index contributed by atoms with van der Waals surface area (Å²) >= 11 is 5.91. The zero-order chi connectivity index (χ0) is 15.7. The van der Waals surface area contributed by atoms with Crippen LogP contribution < -0.4 is 0 Å². The lowest BCUT2D eigenvalue weighted by Gasteiger charge is -2.04. The number of hydrogen-bond donors (Lipinski definition) is 0. The fourth-order valence-corrected chi connectivity index (χ4v) is 2.65. The Labute approximate surface area is 133 Å². The highest BCUT2D eigenvalue weighted by molar-refractivity contribution is 6.30. The Bertz CT molecular complexity index is 838. The second-order valence-corrected chi connectivity index (χ2v) is 5.53. The SMILES string of the molecule is COC(=O)c1nn(Cc2ccc(Cl)cc2)c2cccc(C)c12. The third-order valence-electron chi connectivity index (χ3n) is 3.61. The van der Waals surface area contributed by atoms with Crippen LogP contribution in [0.3, 0.4) is 0 Å². The average Bonchev–Trinajstić information content (AvgIpc) is 2.89. The predicted octanol–water partition coefficient (Wildman–Crippen LogP) is 3.83. The molecule has 0 spiro atoms. The van der Waals surface area contributed by atoms with E-state index < -0.39 is 5.97 Å². The summed E-state index contributed by atoms with van der Waals surface area (Å²) in [5.41, 5.74) is 3.33. The molecule has 0 aliphatic carbocycles. The molecule has 0 radical (unpaired) electrons. The largest absolute Gasteiger partial charge is 0.464 e. The maximum absolute atomic E-state index is 12.0. The van der Waals surface area contributed by atoms with Gasteiger partial charge in [0.15, 0.2) is 5.69 Å². The van der Waals surface area contributed by atoms with Crippen LogP contribution in [0.25, 0.3) is 10.9 Å². The normalized spacial score (nSPS) is 10.9. The van der Waals surface area contributed by atoms with Crippen LogP contribution in [0.2, 0.25) is 5.02 Å². The maximum atomic E-state index is 12.0. The minimum Gasteiger partial charge on any atom is -0.464 e. The van der Waals surface area contributed by atoms with Crippen molar-refractivity contribution in [2.45, 2.75) is 13.5 Å². The monoisotopic (exact) mass is 314 g/mol. The van der Waals surface area contributed by atoms with E-state index in [9.17, 15) is 4.79 Å². The molecule has 3 rings (SSSR count). The molecule has 3 aromatic rings. The third kappa shape index (κ3) is 2.57. The molecular weight excluding hydrogens is 300 g/mol. The highest BCUT2D eigenvalue weighted by Crippen LogP contribution is 2.24. The number of hydrogen-bond acceptors (Lipinski definition) is 3. The van der Waals surface area contributed by atoms with Crippen LogP contribution in [-0.4, -0.2) is 22.9 Å². The first-order valence-corrected chi connectivity index (χ1v) is 7.27. The van der Waals surface area contributed by atoms with E-state index in [0.717, 1.165) is 22.0 Å². The third-order valence-corrected chi connectivity index (χ3v) is 3.86. The summed E-state index contributed by atoms with van der Waals surface area (Å²) in [5.74, 6) is -0.422. The molecule has 22 heavy (non-hydrogen) atoms. The van der Waals surface area contributed by atoms with Crippen molar-refractivity contribution in [3.05, 3.63) is 64.3 Å². The predicted molar refractivity (Wildman–Crippen MR) is 86.4 cm³/mol. The van der Waals surface area contributed by atoms with Crippen LogP contribution in [0, 0.1) is 6.92 Å². The standard InChI is InChI=1S/C17H15ClN2O2/c1-11-4-3-5-14-15(11)16(17(21)22-2)19-20(14)10-12-6-8-13(18)9-7-12/h3-9H,10H2,1-2H3. The molecule has 5 heteroatoms. The van der Waals surface area contributed by atoms with Gasteiger partial charge in [0.25, 0.3) is 0 Å². The molecule has 0 saturated heterocycles. The number of ether oxygens (including phenoxy) is 1. The van der Waals surface area contributed by atoms with Crippen LogP contribution in [0.1, 0.15) is 21.6 Å². The Morgan fingerprint density at radius 2 is 1.95 bits per heavy atom. The summed E-state index contributed by atoms with van der Waals surface area (Å²) in [4.78, 5) is 12.0. The van der Waals surface area contributed by atoms with Gasteiger partial charge in [0.1, 0.15) is 0 Å². The molecular formula is C17H15ClN2O2. The topological polar surface area (TPSA) is 44.1 Å². The van der Waals surface area contributed by atoms with Crippen molar-refractivity contribution in [3.63, 3.8) is 0 Å². The van der Waals surface area contributed by atoms with E-state index >= 15 is 0 Å². The Kier molecular flexibility index (Phi) is 3.86. The number of methoxy groups -OCH3 is 1. The van der Waals surface area contributed by atoms with E-state index in [2.05, 4.69) is 5.10 Å². The molecule has 0 aliphatic heterocycles. The van der Waals surface area contributed by atoms with Crippen molar-refractivity contribution >= 4 is 28.5 Å². The number of fused-ring (bicyclic) bond motifs is 1. The number of esters is 1. The molecule has 0 unspecified atom stereocenters. The van der Waals surface area contributed by atoms with Gasteiger partial charge >= 0.3 is 5.97 Å². The van der Waals surface area contributed by atoms with Crippen LogP contribution in [0.5, 0.6) is 0 Å². The van der Waals surface area contributed by atoms with E-state index in [0.29, 0.717) is 17.3 Å². The maximum Gasteiger partial charge on any atom is 0.359 e. The van der Waals surface area contributed by atoms with Crippen LogP contribution in [0.15, 0.2) is 42.5 Å². The van der Waals surface area contributed by atoms with Gasteiger partial charge in [0, 0.05) is 10.4 Å². The zero-order valence-electron chi connectivity index (χ0n) is 12.3. The van der Waals surface area contributed by atoms with Gasteiger partial charge in [-0.1, -0.05) is 35.9 Å². The fourth-order valence-electron chi connectivity index (χ4n) is 2.52. The van der Waals surface area contributed by atoms with Gasteiger partial charge in [0.05, 0.1) is 19.2 Å². The van der Waals surface area contributed by atoms with Gasteiger partial charge in [-0.3, -0.25) is 4.68 Å². The average molecular weight is 315 g/mol. The summed E-state index contributed by atoms with van der Waals surface area (Å²) < 4.78 is 6.66. The number of halogens is 1. The first kappa shape index (κ1) is 14.6. The Balaban J connectivity index is 2.12.